The summed E-state index contributed by atoms with van der Waals surface area (Å²) < 4.78 is 40.6. The van der Waals surface area contributed by atoms with Crippen LogP contribution in [0.4, 0.5) is 8.78 Å². The van der Waals surface area contributed by atoms with Gasteiger partial charge in [0.1, 0.15) is 38.9 Å². The minimum absolute atomic E-state index is 0.269. The van der Waals surface area contributed by atoms with Gasteiger partial charge in [0, 0.05) is 7.05 Å². The molecule has 25 heavy (non-hydrogen) atoms. The molecule has 0 unspecified atom stereocenters. The van der Waals surface area contributed by atoms with E-state index in [0.29, 0.717) is 21.7 Å². The molecule has 0 spiro atoms. The highest BCUT2D eigenvalue weighted by molar-refractivity contribution is 7.16. The van der Waals surface area contributed by atoms with Crippen molar-refractivity contribution in [3.05, 3.63) is 52.3 Å². The molecule has 1 amide bonds. The van der Waals surface area contributed by atoms with E-state index in [1.165, 1.54) is 20.3 Å². The van der Waals surface area contributed by atoms with Crippen LogP contribution in [-0.2, 0) is 7.05 Å². The number of methoxy groups -OCH3 is 2. The van der Waals surface area contributed by atoms with Gasteiger partial charge in [-0.3, -0.25) is 4.79 Å². The number of aromatic nitrogens is 1. The predicted octanol–water partition coefficient (Wildman–Crippen LogP) is 3.28. The van der Waals surface area contributed by atoms with Crippen molar-refractivity contribution in [3.63, 3.8) is 0 Å². The number of hydrogen-bond acceptors (Lipinski definition) is 4. The minimum Gasteiger partial charge on any atom is -0.495 e. The summed E-state index contributed by atoms with van der Waals surface area (Å²) in [7, 11) is 4.73. The first-order valence-corrected chi connectivity index (χ1v) is 8.03. The maximum atomic E-state index is 13.8. The van der Waals surface area contributed by atoms with Crippen LogP contribution in [0.5, 0.6) is 11.5 Å². The first kappa shape index (κ1) is 17.1. The van der Waals surface area contributed by atoms with E-state index in [1.54, 1.807) is 23.7 Å². The van der Waals surface area contributed by atoms with Crippen LogP contribution in [0.2, 0.25) is 0 Å². The van der Waals surface area contributed by atoms with Gasteiger partial charge in [-0.05, 0) is 24.3 Å². The zero-order valence-electron chi connectivity index (χ0n) is 13.7. The molecular formula is C17H14F2N2O3S. The third-order valence-electron chi connectivity index (χ3n) is 3.69. The molecule has 0 aliphatic heterocycles. The van der Waals surface area contributed by atoms with Crippen molar-refractivity contribution in [2.75, 3.05) is 14.2 Å². The quantitative estimate of drug-likeness (QED) is 0.717. The summed E-state index contributed by atoms with van der Waals surface area (Å²) in [5.41, 5.74) is -0.00806. The molecule has 0 aliphatic carbocycles. The van der Waals surface area contributed by atoms with E-state index in [0.717, 1.165) is 23.5 Å². The number of nitrogens with zero attached hydrogens (tertiary/aromatic N) is 2. The fourth-order valence-corrected chi connectivity index (χ4v) is 3.60. The summed E-state index contributed by atoms with van der Waals surface area (Å²) in [5.74, 6) is -1.74. The number of rotatable bonds is 3. The zero-order valence-corrected chi connectivity index (χ0v) is 14.5. The van der Waals surface area contributed by atoms with Crippen LogP contribution >= 0.6 is 11.3 Å². The van der Waals surface area contributed by atoms with Crippen LogP contribution in [0.1, 0.15) is 10.4 Å². The van der Waals surface area contributed by atoms with E-state index in [9.17, 15) is 13.6 Å². The predicted molar refractivity (Wildman–Crippen MR) is 90.2 cm³/mol. The van der Waals surface area contributed by atoms with Crippen LogP contribution in [0, 0.1) is 11.6 Å². The number of fused-ring (bicyclic) bond motifs is 1. The summed E-state index contributed by atoms with van der Waals surface area (Å²) in [6.45, 7) is 0. The Morgan fingerprint density at radius 3 is 2.28 bits per heavy atom. The van der Waals surface area contributed by atoms with Gasteiger partial charge < -0.3 is 14.0 Å². The van der Waals surface area contributed by atoms with Gasteiger partial charge in [0.15, 0.2) is 4.80 Å². The van der Waals surface area contributed by atoms with Gasteiger partial charge in [-0.25, -0.2) is 8.78 Å². The molecule has 1 aromatic heterocycles. The van der Waals surface area contributed by atoms with Crippen molar-refractivity contribution in [1.29, 1.82) is 0 Å². The molecular weight excluding hydrogens is 350 g/mol. The van der Waals surface area contributed by atoms with E-state index in [1.807, 2.05) is 0 Å². The molecule has 0 aliphatic rings. The number of thiazole rings is 1. The Morgan fingerprint density at radius 1 is 1.08 bits per heavy atom. The Morgan fingerprint density at radius 2 is 1.68 bits per heavy atom. The Balaban J connectivity index is 2.24. The van der Waals surface area contributed by atoms with Crippen molar-refractivity contribution in [1.82, 2.24) is 4.57 Å². The summed E-state index contributed by atoms with van der Waals surface area (Å²) in [6, 6.07) is 6.69. The molecule has 5 nitrogen and oxygen atoms in total. The molecule has 3 aromatic rings. The molecule has 8 heteroatoms. The van der Waals surface area contributed by atoms with Crippen LogP contribution in [0.25, 0.3) is 10.2 Å². The average molecular weight is 364 g/mol. The molecule has 1 heterocycles. The molecule has 2 aromatic carbocycles. The number of carbonyl (C=O) groups excluding carboxylic acids is 1. The molecule has 0 saturated carbocycles. The molecule has 0 bridgehead atoms. The maximum absolute atomic E-state index is 13.8. The average Bonchev–Trinajstić information content (AvgIpc) is 2.91. The van der Waals surface area contributed by atoms with E-state index in [2.05, 4.69) is 4.99 Å². The van der Waals surface area contributed by atoms with Gasteiger partial charge in [-0.1, -0.05) is 17.4 Å². The number of aryl methyl sites for hydroxylation is 1. The Kier molecular flexibility index (Phi) is 4.54. The summed E-state index contributed by atoms with van der Waals surface area (Å²) >= 11 is 1.16. The maximum Gasteiger partial charge on any atom is 0.285 e. The van der Waals surface area contributed by atoms with Crippen LogP contribution in [0.15, 0.2) is 35.3 Å². The van der Waals surface area contributed by atoms with Gasteiger partial charge >= 0.3 is 0 Å². The highest BCUT2D eigenvalue weighted by atomic mass is 32.1. The summed E-state index contributed by atoms with van der Waals surface area (Å²) in [5, 5.41) is 0. The van der Waals surface area contributed by atoms with Gasteiger partial charge in [-0.15, -0.1) is 0 Å². The third-order valence-corrected chi connectivity index (χ3v) is 4.83. The van der Waals surface area contributed by atoms with E-state index >= 15 is 0 Å². The van der Waals surface area contributed by atoms with Gasteiger partial charge in [0.25, 0.3) is 5.91 Å². The monoisotopic (exact) mass is 364 g/mol. The van der Waals surface area contributed by atoms with Crippen molar-refractivity contribution in [3.8, 4) is 11.5 Å². The number of ether oxygens (including phenoxy) is 2. The third kappa shape index (κ3) is 2.89. The molecule has 3 rings (SSSR count). The smallest absolute Gasteiger partial charge is 0.285 e. The normalized spacial score (nSPS) is 11.8. The number of benzene rings is 2. The lowest BCUT2D eigenvalue weighted by Crippen LogP contribution is -2.15. The standard InChI is InChI=1S/C17H14F2N2O3S/c1-21-14-11(23-2)7-8-12(24-3)15(14)25-17(21)20-16(22)13-9(18)5-4-6-10(13)19/h4-8H,1-3H3. The number of amides is 1. The minimum atomic E-state index is -0.990. The summed E-state index contributed by atoms with van der Waals surface area (Å²) in [4.78, 5) is 16.4. The van der Waals surface area contributed by atoms with E-state index in [4.69, 9.17) is 9.47 Å². The second-order valence-corrected chi connectivity index (χ2v) is 6.08. The van der Waals surface area contributed by atoms with Crippen molar-refractivity contribution in [2.45, 2.75) is 0 Å². The topological polar surface area (TPSA) is 52.8 Å². The Labute approximate surface area is 145 Å². The highest BCUT2D eigenvalue weighted by Crippen LogP contribution is 2.34. The largest absolute Gasteiger partial charge is 0.495 e. The second kappa shape index (κ2) is 6.64. The highest BCUT2D eigenvalue weighted by Gasteiger charge is 2.18. The van der Waals surface area contributed by atoms with Crippen molar-refractivity contribution in [2.24, 2.45) is 12.0 Å². The number of halogens is 2. The fraction of sp³-hybridized carbons (Fsp3) is 0.176. The number of hydrogen-bond donors (Lipinski definition) is 0. The lowest BCUT2D eigenvalue weighted by atomic mass is 10.2. The fourth-order valence-electron chi connectivity index (χ4n) is 2.47. The lowest BCUT2D eigenvalue weighted by Gasteiger charge is -2.06. The van der Waals surface area contributed by atoms with Gasteiger partial charge in [-0.2, -0.15) is 4.99 Å². The molecule has 0 N–H and O–H groups in total. The molecule has 0 saturated heterocycles. The SMILES string of the molecule is COc1ccc(OC)c2c1sc(=NC(=O)c1c(F)cccc1F)n2C. The summed E-state index contributed by atoms with van der Waals surface area (Å²) in [6.07, 6.45) is 0. The molecule has 0 radical (unpaired) electrons. The first-order valence-electron chi connectivity index (χ1n) is 7.21. The van der Waals surface area contributed by atoms with Gasteiger partial charge in [0.05, 0.1) is 14.2 Å². The van der Waals surface area contributed by atoms with Gasteiger partial charge in [0.2, 0.25) is 0 Å². The van der Waals surface area contributed by atoms with Crippen molar-refractivity contribution < 1.29 is 23.0 Å². The second-order valence-electron chi connectivity index (χ2n) is 5.11. The first-order chi connectivity index (χ1) is 12.0. The van der Waals surface area contributed by atoms with Crippen molar-refractivity contribution >= 4 is 27.5 Å². The molecule has 0 fully saturated rings. The molecule has 0 atom stereocenters. The van der Waals surface area contributed by atoms with Crippen LogP contribution in [0.3, 0.4) is 0 Å². The lowest BCUT2D eigenvalue weighted by molar-refractivity contribution is 0.0990. The molecule has 130 valence electrons. The Bertz CT molecular complexity index is 1020. The van der Waals surface area contributed by atoms with Crippen LogP contribution < -0.4 is 14.3 Å². The zero-order chi connectivity index (χ0) is 18.1. The van der Waals surface area contributed by atoms with E-state index in [-0.39, 0.29) is 4.80 Å². The number of carbonyl (C=O) groups is 1. The van der Waals surface area contributed by atoms with E-state index < -0.39 is 23.1 Å². The Hall–Kier alpha value is -2.74. The van der Waals surface area contributed by atoms with Crippen LogP contribution in [-0.4, -0.2) is 24.7 Å².